The zero-order chi connectivity index (χ0) is 18.4. The summed E-state index contributed by atoms with van der Waals surface area (Å²) in [5, 5.41) is 5.82. The number of hydrogen-bond acceptors (Lipinski definition) is 3. The maximum atomic E-state index is 13.2. The Bertz CT molecular complexity index is 759. The van der Waals surface area contributed by atoms with E-state index in [9.17, 15) is 14.0 Å². The molecule has 1 aliphatic heterocycles. The molecule has 1 fully saturated rings. The molecule has 0 bridgehead atoms. The van der Waals surface area contributed by atoms with Crippen LogP contribution in [-0.4, -0.2) is 42.4 Å². The van der Waals surface area contributed by atoms with Gasteiger partial charge in [0.15, 0.2) is 0 Å². The molecule has 0 atom stereocenters. The number of nitrogens with one attached hydrogen (secondary N) is 2. The zero-order valence-electron chi connectivity index (χ0n) is 14.5. The normalized spacial score (nSPS) is 15.4. The summed E-state index contributed by atoms with van der Waals surface area (Å²) in [6.07, 6.45) is 1.53. The quantitative estimate of drug-likeness (QED) is 0.867. The average molecular weight is 355 g/mol. The highest BCUT2D eigenvalue weighted by molar-refractivity contribution is 5.94. The van der Waals surface area contributed by atoms with Gasteiger partial charge in [0.25, 0.3) is 5.91 Å². The van der Waals surface area contributed by atoms with Crippen LogP contribution in [0.1, 0.15) is 23.2 Å². The van der Waals surface area contributed by atoms with Gasteiger partial charge in [-0.2, -0.15) is 0 Å². The van der Waals surface area contributed by atoms with Gasteiger partial charge in [0.2, 0.25) is 5.91 Å². The van der Waals surface area contributed by atoms with Crippen molar-refractivity contribution in [3.8, 4) is 0 Å². The third-order valence-corrected chi connectivity index (χ3v) is 4.43. The number of hydrogen-bond donors (Lipinski definition) is 2. The number of carbonyl (C=O) groups is 2. The molecule has 2 aromatic rings. The Balaban J connectivity index is 1.42. The Labute approximate surface area is 152 Å². The van der Waals surface area contributed by atoms with Crippen LogP contribution in [-0.2, 0) is 4.79 Å². The topological polar surface area (TPSA) is 61.4 Å². The number of amides is 2. The molecular formula is C20H22FN3O2. The van der Waals surface area contributed by atoms with Crippen molar-refractivity contribution in [2.24, 2.45) is 0 Å². The summed E-state index contributed by atoms with van der Waals surface area (Å²) in [4.78, 5) is 26.3. The molecule has 2 N–H and O–H groups in total. The van der Waals surface area contributed by atoms with Gasteiger partial charge in [-0.1, -0.05) is 24.3 Å². The van der Waals surface area contributed by atoms with Crippen LogP contribution in [0.3, 0.4) is 0 Å². The van der Waals surface area contributed by atoms with E-state index in [1.54, 1.807) is 6.07 Å². The molecule has 0 saturated carbocycles. The van der Waals surface area contributed by atoms with Crippen LogP contribution in [0.5, 0.6) is 0 Å². The molecule has 26 heavy (non-hydrogen) atoms. The number of rotatable bonds is 5. The predicted molar refractivity (Wildman–Crippen MR) is 98.4 cm³/mol. The summed E-state index contributed by atoms with van der Waals surface area (Å²) < 4.78 is 13.2. The van der Waals surface area contributed by atoms with E-state index in [0.29, 0.717) is 12.1 Å². The van der Waals surface area contributed by atoms with Crippen LogP contribution < -0.4 is 10.6 Å². The summed E-state index contributed by atoms with van der Waals surface area (Å²) >= 11 is 0. The Morgan fingerprint density at radius 3 is 2.46 bits per heavy atom. The van der Waals surface area contributed by atoms with Crippen molar-refractivity contribution < 1.29 is 14.0 Å². The molecule has 1 saturated heterocycles. The highest BCUT2D eigenvalue weighted by Crippen LogP contribution is 2.12. The fraction of sp³-hybridized carbons (Fsp3) is 0.300. The van der Waals surface area contributed by atoms with E-state index in [-0.39, 0.29) is 17.9 Å². The van der Waals surface area contributed by atoms with Crippen molar-refractivity contribution in [1.29, 1.82) is 0 Å². The van der Waals surface area contributed by atoms with Crippen LogP contribution >= 0.6 is 0 Å². The molecule has 2 amide bonds. The summed E-state index contributed by atoms with van der Waals surface area (Å²) in [5.74, 6) is -0.722. The number of para-hydroxylation sites is 1. The average Bonchev–Trinajstić information content (AvgIpc) is 2.64. The molecule has 0 aliphatic carbocycles. The summed E-state index contributed by atoms with van der Waals surface area (Å²) in [6.45, 7) is 1.80. The highest BCUT2D eigenvalue weighted by atomic mass is 19.1. The molecule has 2 aromatic carbocycles. The number of piperidine rings is 1. The Morgan fingerprint density at radius 2 is 1.77 bits per heavy atom. The maximum Gasteiger partial charge on any atom is 0.251 e. The van der Waals surface area contributed by atoms with E-state index >= 15 is 0 Å². The van der Waals surface area contributed by atoms with E-state index < -0.39 is 5.82 Å². The van der Waals surface area contributed by atoms with E-state index in [0.717, 1.165) is 31.6 Å². The lowest BCUT2D eigenvalue weighted by Crippen LogP contribution is -2.46. The molecule has 1 heterocycles. The van der Waals surface area contributed by atoms with Gasteiger partial charge in [0.1, 0.15) is 5.82 Å². The van der Waals surface area contributed by atoms with Crippen LogP contribution in [0.2, 0.25) is 0 Å². The van der Waals surface area contributed by atoms with Gasteiger partial charge in [-0.3, -0.25) is 14.5 Å². The van der Waals surface area contributed by atoms with E-state index in [2.05, 4.69) is 15.5 Å². The molecule has 3 rings (SSSR count). The number of carbonyl (C=O) groups excluding carboxylic acids is 2. The van der Waals surface area contributed by atoms with Crippen molar-refractivity contribution in [3.63, 3.8) is 0 Å². The van der Waals surface area contributed by atoms with Gasteiger partial charge < -0.3 is 10.6 Å². The van der Waals surface area contributed by atoms with Gasteiger partial charge in [-0.25, -0.2) is 4.39 Å². The number of anilines is 1. The first-order valence-electron chi connectivity index (χ1n) is 8.74. The third-order valence-electron chi connectivity index (χ3n) is 4.43. The Kier molecular flexibility index (Phi) is 5.96. The first kappa shape index (κ1) is 18.1. The number of halogens is 1. The van der Waals surface area contributed by atoms with Crippen LogP contribution in [0.4, 0.5) is 10.1 Å². The fourth-order valence-corrected chi connectivity index (χ4v) is 3.06. The standard InChI is InChI=1S/C20H22FN3O2/c21-16-6-4-5-15(13-16)20(26)23-18-9-11-24(12-10-18)14-19(25)22-17-7-2-1-3-8-17/h1-8,13,18H,9-12,14H2,(H,22,25)(H,23,26). The van der Waals surface area contributed by atoms with Crippen molar-refractivity contribution in [2.45, 2.75) is 18.9 Å². The van der Waals surface area contributed by atoms with Crippen molar-refractivity contribution in [3.05, 3.63) is 66.0 Å². The van der Waals surface area contributed by atoms with Crippen molar-refractivity contribution in [1.82, 2.24) is 10.2 Å². The Hall–Kier alpha value is -2.73. The van der Waals surface area contributed by atoms with Gasteiger partial charge >= 0.3 is 0 Å². The Morgan fingerprint density at radius 1 is 1.04 bits per heavy atom. The smallest absolute Gasteiger partial charge is 0.251 e. The number of likely N-dealkylation sites (tertiary alicyclic amines) is 1. The molecule has 136 valence electrons. The van der Waals surface area contributed by atoms with Crippen molar-refractivity contribution >= 4 is 17.5 Å². The first-order chi connectivity index (χ1) is 12.6. The maximum absolute atomic E-state index is 13.2. The lowest BCUT2D eigenvalue weighted by molar-refractivity contribution is -0.117. The minimum atomic E-state index is -0.420. The molecule has 1 aliphatic rings. The van der Waals surface area contributed by atoms with Crippen LogP contribution in [0.25, 0.3) is 0 Å². The highest BCUT2D eigenvalue weighted by Gasteiger charge is 2.22. The fourth-order valence-electron chi connectivity index (χ4n) is 3.06. The van der Waals surface area contributed by atoms with Crippen LogP contribution in [0.15, 0.2) is 54.6 Å². The molecule has 0 radical (unpaired) electrons. The third kappa shape index (κ3) is 5.13. The second kappa shape index (κ2) is 8.58. The summed E-state index contributed by atoms with van der Waals surface area (Å²) in [6, 6.07) is 15.1. The predicted octanol–water partition coefficient (Wildman–Crippen LogP) is 2.66. The largest absolute Gasteiger partial charge is 0.349 e. The van der Waals surface area contributed by atoms with Crippen molar-refractivity contribution in [2.75, 3.05) is 25.0 Å². The van der Waals surface area contributed by atoms with Crippen LogP contribution in [0, 0.1) is 5.82 Å². The second-order valence-electron chi connectivity index (χ2n) is 6.45. The molecule has 0 unspecified atom stereocenters. The summed E-state index contributed by atoms with van der Waals surface area (Å²) in [5.41, 5.74) is 1.12. The van der Waals surface area contributed by atoms with Gasteiger partial charge in [-0.15, -0.1) is 0 Å². The van der Waals surface area contributed by atoms with E-state index in [1.165, 1.54) is 18.2 Å². The number of benzene rings is 2. The SMILES string of the molecule is O=C(CN1CCC(NC(=O)c2cccc(F)c2)CC1)Nc1ccccc1. The molecule has 0 aromatic heterocycles. The van der Waals surface area contributed by atoms with Gasteiger partial charge in [0.05, 0.1) is 6.54 Å². The number of nitrogens with zero attached hydrogens (tertiary/aromatic N) is 1. The lowest BCUT2D eigenvalue weighted by Gasteiger charge is -2.31. The molecular weight excluding hydrogens is 333 g/mol. The molecule has 5 nitrogen and oxygen atoms in total. The monoisotopic (exact) mass is 355 g/mol. The van der Waals surface area contributed by atoms with Gasteiger partial charge in [-0.05, 0) is 43.2 Å². The van der Waals surface area contributed by atoms with E-state index in [4.69, 9.17) is 0 Å². The zero-order valence-corrected chi connectivity index (χ0v) is 14.5. The lowest BCUT2D eigenvalue weighted by atomic mass is 10.0. The minimum Gasteiger partial charge on any atom is -0.349 e. The molecule has 6 heteroatoms. The minimum absolute atomic E-state index is 0.0409. The summed E-state index contributed by atoms with van der Waals surface area (Å²) in [7, 11) is 0. The first-order valence-corrected chi connectivity index (χ1v) is 8.74. The van der Waals surface area contributed by atoms with Gasteiger partial charge in [0, 0.05) is 30.4 Å². The molecule has 0 spiro atoms. The second-order valence-corrected chi connectivity index (χ2v) is 6.45. The van der Waals surface area contributed by atoms with E-state index in [1.807, 2.05) is 30.3 Å².